The van der Waals surface area contributed by atoms with Crippen LogP contribution in [0.15, 0.2) is 0 Å². The lowest BCUT2D eigenvalue weighted by Crippen LogP contribution is -2.13. The Balaban J connectivity index is 4.27. The van der Waals surface area contributed by atoms with Crippen LogP contribution in [0.4, 0.5) is 0 Å². The number of carboxylic acid groups (broad SMARTS) is 3. The molecule has 128 valence electrons. The number of aliphatic carboxylic acids is 3. The molecule has 0 saturated carbocycles. The molecule has 0 aliphatic heterocycles. The van der Waals surface area contributed by atoms with E-state index >= 15 is 0 Å². The minimum absolute atomic E-state index is 0.000513. The van der Waals surface area contributed by atoms with E-state index in [4.69, 9.17) is 15.3 Å². The van der Waals surface area contributed by atoms with Gasteiger partial charge in [0.15, 0.2) is 0 Å². The number of carbonyl (C=O) groups is 3. The topological polar surface area (TPSA) is 112 Å². The Bertz CT molecular complexity index is 353. The van der Waals surface area contributed by atoms with Crippen LogP contribution in [-0.2, 0) is 14.4 Å². The van der Waals surface area contributed by atoms with Crippen molar-refractivity contribution in [2.45, 2.75) is 71.1 Å². The SMILES string of the molecule is CCCC(CCC(CCCCC(=O)O)CC(=O)O)CC(=O)O. The Morgan fingerprint density at radius 1 is 0.727 bits per heavy atom. The standard InChI is InChI=1S/C16H28O6/c1-2-5-12(10-15(19)20)8-9-13(11-16(21)22)6-3-4-7-14(17)18/h12-13H,2-11H2,1H3,(H,17,18)(H,19,20)(H,21,22). The van der Waals surface area contributed by atoms with Gasteiger partial charge in [-0.15, -0.1) is 0 Å². The summed E-state index contributed by atoms with van der Waals surface area (Å²) >= 11 is 0. The zero-order valence-electron chi connectivity index (χ0n) is 13.3. The van der Waals surface area contributed by atoms with Gasteiger partial charge in [-0.2, -0.15) is 0 Å². The number of carboxylic acids is 3. The van der Waals surface area contributed by atoms with Crippen molar-refractivity contribution >= 4 is 17.9 Å². The van der Waals surface area contributed by atoms with Gasteiger partial charge in [-0.05, 0) is 37.5 Å². The first-order chi connectivity index (χ1) is 10.3. The lowest BCUT2D eigenvalue weighted by Gasteiger charge is -2.19. The molecule has 0 bridgehead atoms. The van der Waals surface area contributed by atoms with Gasteiger partial charge in [0.05, 0.1) is 0 Å². The second-order valence-corrected chi connectivity index (χ2v) is 5.93. The minimum atomic E-state index is -0.853. The summed E-state index contributed by atoms with van der Waals surface area (Å²) in [5, 5.41) is 26.4. The Morgan fingerprint density at radius 2 is 1.23 bits per heavy atom. The molecule has 22 heavy (non-hydrogen) atoms. The Kier molecular flexibility index (Phi) is 11.1. The van der Waals surface area contributed by atoms with Crippen LogP contribution in [-0.4, -0.2) is 33.2 Å². The molecule has 0 amide bonds. The zero-order chi connectivity index (χ0) is 17.0. The highest BCUT2D eigenvalue weighted by Gasteiger charge is 2.18. The molecule has 0 rings (SSSR count). The summed E-state index contributed by atoms with van der Waals surface area (Å²) in [6.07, 6.45) is 5.41. The molecule has 0 aromatic carbocycles. The van der Waals surface area contributed by atoms with Crippen molar-refractivity contribution in [3.8, 4) is 0 Å². The van der Waals surface area contributed by atoms with Gasteiger partial charge in [0.2, 0.25) is 0 Å². The summed E-state index contributed by atoms with van der Waals surface area (Å²) in [5.41, 5.74) is 0. The van der Waals surface area contributed by atoms with Crippen LogP contribution in [0.2, 0.25) is 0 Å². The van der Waals surface area contributed by atoms with Gasteiger partial charge < -0.3 is 15.3 Å². The maximum atomic E-state index is 10.9. The van der Waals surface area contributed by atoms with Gasteiger partial charge >= 0.3 is 17.9 Å². The average Bonchev–Trinajstić information content (AvgIpc) is 2.39. The molecule has 0 aromatic heterocycles. The largest absolute Gasteiger partial charge is 0.481 e. The van der Waals surface area contributed by atoms with Crippen molar-refractivity contribution < 1.29 is 29.7 Å². The van der Waals surface area contributed by atoms with Gasteiger partial charge in [0.1, 0.15) is 0 Å². The fraction of sp³-hybridized carbons (Fsp3) is 0.812. The second kappa shape index (κ2) is 12.0. The van der Waals surface area contributed by atoms with Crippen molar-refractivity contribution in [2.24, 2.45) is 11.8 Å². The third kappa shape index (κ3) is 12.2. The maximum absolute atomic E-state index is 10.9. The van der Waals surface area contributed by atoms with E-state index in [1.54, 1.807) is 0 Å². The van der Waals surface area contributed by atoms with Crippen molar-refractivity contribution in [3.05, 3.63) is 0 Å². The Hall–Kier alpha value is -1.59. The molecule has 0 heterocycles. The van der Waals surface area contributed by atoms with Crippen molar-refractivity contribution in [1.29, 1.82) is 0 Å². The van der Waals surface area contributed by atoms with Gasteiger partial charge in [0, 0.05) is 19.3 Å². The van der Waals surface area contributed by atoms with Crippen LogP contribution in [0.1, 0.15) is 71.1 Å². The molecule has 2 unspecified atom stereocenters. The van der Waals surface area contributed by atoms with Crippen molar-refractivity contribution in [2.75, 3.05) is 0 Å². The summed E-state index contributed by atoms with van der Waals surface area (Å²) in [4.78, 5) is 32.2. The minimum Gasteiger partial charge on any atom is -0.481 e. The summed E-state index contributed by atoms with van der Waals surface area (Å²) in [6.45, 7) is 2.01. The number of hydrogen-bond donors (Lipinski definition) is 3. The fourth-order valence-corrected chi connectivity index (χ4v) is 2.78. The molecule has 0 aliphatic rings. The molecule has 0 fully saturated rings. The highest BCUT2D eigenvalue weighted by molar-refractivity contribution is 5.67. The second-order valence-electron chi connectivity index (χ2n) is 5.93. The van der Waals surface area contributed by atoms with Crippen LogP contribution in [0, 0.1) is 11.8 Å². The van der Waals surface area contributed by atoms with Crippen LogP contribution in [0.25, 0.3) is 0 Å². The Morgan fingerprint density at radius 3 is 1.64 bits per heavy atom. The predicted octanol–water partition coefficient (Wildman–Crippen LogP) is 3.39. The van der Waals surface area contributed by atoms with Gasteiger partial charge in [-0.1, -0.05) is 26.2 Å². The summed E-state index contributed by atoms with van der Waals surface area (Å²) < 4.78 is 0. The highest BCUT2D eigenvalue weighted by Crippen LogP contribution is 2.25. The molecule has 2 atom stereocenters. The molecule has 0 aromatic rings. The van der Waals surface area contributed by atoms with Crippen molar-refractivity contribution in [3.63, 3.8) is 0 Å². The molecular weight excluding hydrogens is 288 g/mol. The van der Waals surface area contributed by atoms with E-state index in [0.717, 1.165) is 19.3 Å². The predicted molar refractivity (Wildman–Crippen MR) is 81.7 cm³/mol. The monoisotopic (exact) mass is 316 g/mol. The van der Waals surface area contributed by atoms with Crippen LogP contribution in [0.3, 0.4) is 0 Å². The molecule has 6 nitrogen and oxygen atoms in total. The van der Waals surface area contributed by atoms with E-state index < -0.39 is 17.9 Å². The first-order valence-corrected chi connectivity index (χ1v) is 8.00. The summed E-state index contributed by atoms with van der Waals surface area (Å²) in [5.74, 6) is -2.40. The van der Waals surface area contributed by atoms with Crippen LogP contribution in [0.5, 0.6) is 0 Å². The molecule has 3 N–H and O–H groups in total. The quantitative estimate of drug-likeness (QED) is 0.423. The van der Waals surface area contributed by atoms with E-state index in [1.165, 1.54) is 0 Å². The Labute approximate surface area is 131 Å². The van der Waals surface area contributed by atoms with E-state index in [0.29, 0.717) is 25.7 Å². The molecular formula is C16H28O6. The maximum Gasteiger partial charge on any atom is 0.303 e. The summed E-state index contributed by atoms with van der Waals surface area (Å²) in [7, 11) is 0. The van der Waals surface area contributed by atoms with Gasteiger partial charge in [-0.25, -0.2) is 0 Å². The average molecular weight is 316 g/mol. The van der Waals surface area contributed by atoms with Gasteiger partial charge in [-0.3, -0.25) is 14.4 Å². The third-order valence-corrected chi connectivity index (χ3v) is 3.86. The molecule has 0 spiro atoms. The van der Waals surface area contributed by atoms with Gasteiger partial charge in [0.25, 0.3) is 0 Å². The summed E-state index contributed by atoms with van der Waals surface area (Å²) in [6, 6.07) is 0. The van der Waals surface area contributed by atoms with Crippen LogP contribution < -0.4 is 0 Å². The normalized spacial score (nSPS) is 13.5. The molecule has 0 aliphatic carbocycles. The highest BCUT2D eigenvalue weighted by atomic mass is 16.4. The van der Waals surface area contributed by atoms with E-state index in [-0.39, 0.29) is 31.1 Å². The molecule has 0 saturated heterocycles. The smallest absolute Gasteiger partial charge is 0.303 e. The third-order valence-electron chi connectivity index (χ3n) is 3.86. The fourth-order valence-electron chi connectivity index (χ4n) is 2.78. The number of hydrogen-bond acceptors (Lipinski definition) is 3. The number of rotatable bonds is 14. The molecule has 6 heteroatoms. The first kappa shape index (κ1) is 20.4. The van der Waals surface area contributed by atoms with E-state index in [9.17, 15) is 14.4 Å². The van der Waals surface area contributed by atoms with Crippen LogP contribution >= 0.6 is 0 Å². The molecule has 0 radical (unpaired) electrons. The van der Waals surface area contributed by atoms with E-state index in [1.807, 2.05) is 6.92 Å². The number of unbranched alkanes of at least 4 members (excludes halogenated alkanes) is 1. The first-order valence-electron chi connectivity index (χ1n) is 8.00. The van der Waals surface area contributed by atoms with E-state index in [2.05, 4.69) is 0 Å². The lowest BCUT2D eigenvalue weighted by molar-refractivity contribution is -0.139. The lowest BCUT2D eigenvalue weighted by atomic mass is 9.86. The zero-order valence-corrected chi connectivity index (χ0v) is 13.3. The van der Waals surface area contributed by atoms with Crippen molar-refractivity contribution in [1.82, 2.24) is 0 Å².